The molecule has 0 unspecified atom stereocenters. The maximum absolute atomic E-state index is 11.3. The standard InChI is InChI=1S/C26H35ClN2O4/c1-31-23-8-6-22(7-9-23)29-16-10-25(30,11-17-29)19-28-14-12-26(32-2,13-15-28)20-33-24-5-3-4-21(27)18-24/h3-9,18,30H,10-17,19-20H2,1-2H3. The molecule has 2 heterocycles. The number of halogens is 1. The predicted octanol–water partition coefficient (Wildman–Crippen LogP) is 4.24. The third-order valence-corrected chi connectivity index (χ3v) is 7.38. The third kappa shape index (κ3) is 6.12. The van der Waals surface area contributed by atoms with E-state index < -0.39 is 5.60 Å². The van der Waals surface area contributed by atoms with Crippen LogP contribution < -0.4 is 14.4 Å². The smallest absolute Gasteiger partial charge is 0.120 e. The summed E-state index contributed by atoms with van der Waals surface area (Å²) < 4.78 is 17.2. The van der Waals surface area contributed by atoms with Gasteiger partial charge in [-0.05, 0) is 68.1 Å². The molecule has 2 aliphatic heterocycles. The maximum atomic E-state index is 11.3. The molecule has 0 saturated carbocycles. The largest absolute Gasteiger partial charge is 0.497 e. The maximum Gasteiger partial charge on any atom is 0.120 e. The average molecular weight is 475 g/mol. The molecular weight excluding hydrogens is 440 g/mol. The second kappa shape index (κ2) is 10.5. The van der Waals surface area contributed by atoms with Crippen LogP contribution in [0.2, 0.25) is 5.02 Å². The van der Waals surface area contributed by atoms with E-state index in [1.54, 1.807) is 14.2 Å². The van der Waals surface area contributed by atoms with Crippen molar-refractivity contribution in [3.63, 3.8) is 0 Å². The van der Waals surface area contributed by atoms with Crippen LogP contribution in [0, 0.1) is 0 Å². The van der Waals surface area contributed by atoms with E-state index in [4.69, 9.17) is 25.8 Å². The van der Waals surface area contributed by atoms with E-state index in [-0.39, 0.29) is 5.60 Å². The zero-order valence-corrected chi connectivity index (χ0v) is 20.4. The summed E-state index contributed by atoms with van der Waals surface area (Å²) in [5.41, 5.74) is 0.229. The van der Waals surface area contributed by atoms with Crippen LogP contribution in [0.3, 0.4) is 0 Å². The lowest BCUT2D eigenvalue weighted by Gasteiger charge is -2.45. The third-order valence-electron chi connectivity index (χ3n) is 7.15. The lowest BCUT2D eigenvalue weighted by molar-refractivity contribution is -0.0961. The molecule has 2 aromatic carbocycles. The van der Waals surface area contributed by atoms with Crippen LogP contribution in [0.15, 0.2) is 48.5 Å². The van der Waals surface area contributed by atoms with Crippen LogP contribution in [0.25, 0.3) is 0 Å². The minimum absolute atomic E-state index is 0.306. The fourth-order valence-electron chi connectivity index (χ4n) is 4.85. The number of anilines is 1. The number of aliphatic hydroxyl groups is 1. The Morgan fingerprint density at radius 3 is 2.21 bits per heavy atom. The van der Waals surface area contributed by atoms with Gasteiger partial charge in [0.05, 0.1) is 12.7 Å². The van der Waals surface area contributed by atoms with E-state index in [9.17, 15) is 5.11 Å². The van der Waals surface area contributed by atoms with Crippen molar-refractivity contribution in [2.24, 2.45) is 0 Å². The molecule has 0 amide bonds. The number of likely N-dealkylation sites (tertiary alicyclic amines) is 1. The van der Waals surface area contributed by atoms with Gasteiger partial charge in [0.2, 0.25) is 0 Å². The van der Waals surface area contributed by atoms with E-state index in [1.807, 2.05) is 36.4 Å². The highest BCUT2D eigenvalue weighted by Gasteiger charge is 2.39. The van der Waals surface area contributed by atoms with Crippen molar-refractivity contribution in [3.8, 4) is 11.5 Å². The number of piperidine rings is 2. The highest BCUT2D eigenvalue weighted by molar-refractivity contribution is 6.30. The van der Waals surface area contributed by atoms with Gasteiger partial charge in [-0.25, -0.2) is 0 Å². The van der Waals surface area contributed by atoms with Crippen molar-refractivity contribution < 1.29 is 19.3 Å². The molecule has 33 heavy (non-hydrogen) atoms. The second-order valence-corrected chi connectivity index (χ2v) is 9.76. The molecular formula is C26H35ClN2O4. The highest BCUT2D eigenvalue weighted by atomic mass is 35.5. The van der Waals surface area contributed by atoms with Gasteiger partial charge in [-0.2, -0.15) is 0 Å². The molecule has 0 atom stereocenters. The number of hydrogen-bond donors (Lipinski definition) is 1. The van der Waals surface area contributed by atoms with Gasteiger partial charge in [-0.15, -0.1) is 0 Å². The van der Waals surface area contributed by atoms with Crippen LogP contribution in [-0.2, 0) is 4.74 Å². The molecule has 180 valence electrons. The van der Waals surface area contributed by atoms with Crippen LogP contribution in [0.1, 0.15) is 25.7 Å². The van der Waals surface area contributed by atoms with Crippen LogP contribution in [-0.4, -0.2) is 74.8 Å². The van der Waals surface area contributed by atoms with Crippen LogP contribution in [0.5, 0.6) is 11.5 Å². The fourth-order valence-corrected chi connectivity index (χ4v) is 5.03. The van der Waals surface area contributed by atoms with Gasteiger partial charge < -0.3 is 29.1 Å². The summed E-state index contributed by atoms with van der Waals surface area (Å²) in [6, 6.07) is 15.6. The number of benzene rings is 2. The summed E-state index contributed by atoms with van der Waals surface area (Å²) in [5, 5.41) is 11.9. The Balaban J connectivity index is 1.25. The number of ether oxygens (including phenoxy) is 3. The van der Waals surface area contributed by atoms with Crippen LogP contribution in [0.4, 0.5) is 5.69 Å². The Bertz CT molecular complexity index is 891. The number of nitrogens with zero attached hydrogens (tertiary/aromatic N) is 2. The number of rotatable bonds is 8. The lowest BCUT2D eigenvalue weighted by Crippen LogP contribution is -2.55. The van der Waals surface area contributed by atoms with Crippen LogP contribution >= 0.6 is 11.6 Å². The first-order chi connectivity index (χ1) is 15.9. The Kier molecular flexibility index (Phi) is 7.69. The topological polar surface area (TPSA) is 54.4 Å². The molecule has 4 rings (SSSR count). The van der Waals surface area contributed by atoms with Gasteiger partial charge in [-0.3, -0.25) is 0 Å². The van der Waals surface area contributed by atoms with E-state index in [1.165, 1.54) is 5.69 Å². The molecule has 0 spiro atoms. The van der Waals surface area contributed by atoms with Gasteiger partial charge in [0.15, 0.2) is 0 Å². The summed E-state index contributed by atoms with van der Waals surface area (Å²) in [6.07, 6.45) is 3.28. The molecule has 0 aliphatic carbocycles. The van der Waals surface area contributed by atoms with Crippen molar-refractivity contribution in [2.45, 2.75) is 36.9 Å². The fraction of sp³-hybridized carbons (Fsp3) is 0.538. The van der Waals surface area contributed by atoms with E-state index in [2.05, 4.69) is 21.9 Å². The van der Waals surface area contributed by atoms with E-state index in [0.29, 0.717) is 18.2 Å². The van der Waals surface area contributed by atoms with Gasteiger partial charge >= 0.3 is 0 Å². The number of hydrogen-bond acceptors (Lipinski definition) is 6. The molecule has 2 aromatic rings. The molecule has 2 fully saturated rings. The highest BCUT2D eigenvalue weighted by Crippen LogP contribution is 2.32. The SMILES string of the molecule is COc1ccc(N2CCC(O)(CN3CCC(COc4cccc(Cl)c4)(OC)CC3)CC2)cc1. The molecule has 1 N–H and O–H groups in total. The van der Waals surface area contributed by atoms with Crippen molar-refractivity contribution in [1.29, 1.82) is 0 Å². The van der Waals surface area contributed by atoms with Crippen molar-refractivity contribution >= 4 is 17.3 Å². The zero-order valence-electron chi connectivity index (χ0n) is 19.6. The molecule has 7 heteroatoms. The van der Waals surface area contributed by atoms with Crippen molar-refractivity contribution in [3.05, 3.63) is 53.6 Å². The second-order valence-electron chi connectivity index (χ2n) is 9.32. The lowest BCUT2D eigenvalue weighted by atomic mass is 9.87. The minimum Gasteiger partial charge on any atom is -0.497 e. The molecule has 2 aliphatic rings. The molecule has 0 aromatic heterocycles. The Morgan fingerprint density at radius 2 is 1.61 bits per heavy atom. The van der Waals surface area contributed by atoms with Gasteiger partial charge in [0.25, 0.3) is 0 Å². The Morgan fingerprint density at radius 1 is 0.909 bits per heavy atom. The summed E-state index contributed by atoms with van der Waals surface area (Å²) in [5.74, 6) is 1.63. The summed E-state index contributed by atoms with van der Waals surface area (Å²) >= 11 is 6.07. The first-order valence-electron chi connectivity index (χ1n) is 11.7. The Labute approximate surface area is 202 Å². The summed E-state index contributed by atoms with van der Waals surface area (Å²) in [4.78, 5) is 4.72. The predicted molar refractivity (Wildman–Crippen MR) is 132 cm³/mol. The first kappa shape index (κ1) is 24.1. The number of β-amino-alcohol motifs (C(OH)–C–C–N with tert-alkyl or cyclic N) is 1. The van der Waals surface area contributed by atoms with Crippen molar-refractivity contribution in [1.82, 2.24) is 4.90 Å². The molecule has 2 saturated heterocycles. The normalized spacial score (nSPS) is 20.4. The number of methoxy groups -OCH3 is 2. The van der Waals surface area contributed by atoms with Gasteiger partial charge in [0, 0.05) is 50.5 Å². The monoisotopic (exact) mass is 474 g/mol. The van der Waals surface area contributed by atoms with Gasteiger partial charge in [0.1, 0.15) is 23.7 Å². The Hall–Kier alpha value is -1.99. The zero-order chi connectivity index (χ0) is 23.3. The molecule has 0 bridgehead atoms. The van der Waals surface area contributed by atoms with Gasteiger partial charge in [-0.1, -0.05) is 17.7 Å². The summed E-state index contributed by atoms with van der Waals surface area (Å²) in [6.45, 7) is 4.68. The summed E-state index contributed by atoms with van der Waals surface area (Å²) in [7, 11) is 3.44. The average Bonchev–Trinajstić information content (AvgIpc) is 2.84. The van der Waals surface area contributed by atoms with Crippen molar-refractivity contribution in [2.75, 3.05) is 58.5 Å². The van der Waals surface area contributed by atoms with E-state index in [0.717, 1.165) is 63.4 Å². The first-order valence-corrected chi connectivity index (χ1v) is 12.1. The molecule has 6 nitrogen and oxygen atoms in total. The molecule has 0 radical (unpaired) electrons. The quantitative estimate of drug-likeness (QED) is 0.617. The minimum atomic E-state index is -0.646. The van der Waals surface area contributed by atoms with E-state index >= 15 is 0 Å².